The fourth-order valence-corrected chi connectivity index (χ4v) is 4.72. The monoisotopic (exact) mass is 664 g/mol. The van der Waals surface area contributed by atoms with E-state index in [9.17, 15) is 60.7 Å². The van der Waals surface area contributed by atoms with Gasteiger partial charge in [0.05, 0.1) is 19.6 Å². The molecule has 2 aliphatic heterocycles. The number of hydrogen-bond donors (Lipinski definition) is 10. The Balaban J connectivity index is 1.29. The van der Waals surface area contributed by atoms with Gasteiger partial charge in [0.1, 0.15) is 48.8 Å². The molecule has 2 heterocycles. The van der Waals surface area contributed by atoms with Gasteiger partial charge in [0, 0.05) is 0 Å². The molecule has 4 rings (SSSR count). The van der Waals surface area contributed by atoms with Crippen molar-refractivity contribution in [2.24, 2.45) is 0 Å². The van der Waals surface area contributed by atoms with Crippen LogP contribution in [0.2, 0.25) is 0 Å². The van der Waals surface area contributed by atoms with E-state index in [1.54, 1.807) is 0 Å². The molecule has 16 heteroatoms. The number of carbonyl (C=O) groups is 2. The van der Waals surface area contributed by atoms with Gasteiger partial charge in [-0.25, -0.2) is 0 Å². The highest BCUT2D eigenvalue weighted by Gasteiger charge is 2.46. The van der Waals surface area contributed by atoms with E-state index in [1.807, 2.05) is 0 Å². The van der Waals surface area contributed by atoms with Gasteiger partial charge in [-0.2, -0.15) is 0 Å². The van der Waals surface area contributed by atoms with Crippen molar-refractivity contribution >= 4 is 23.7 Å². The summed E-state index contributed by atoms with van der Waals surface area (Å²) in [6.07, 6.45) is -10.9. The van der Waals surface area contributed by atoms with Gasteiger partial charge in [-0.3, -0.25) is 9.59 Å². The second kappa shape index (κ2) is 15.8. The number of aliphatic hydroxyl groups excluding tert-OH is 8. The van der Waals surface area contributed by atoms with Crippen molar-refractivity contribution in [2.75, 3.05) is 13.2 Å². The van der Waals surface area contributed by atoms with Crippen LogP contribution in [0.1, 0.15) is 17.5 Å². The van der Waals surface area contributed by atoms with Gasteiger partial charge < -0.3 is 70.0 Å². The number of aromatic hydroxyl groups is 2. The highest BCUT2D eigenvalue weighted by atomic mass is 16.7. The summed E-state index contributed by atoms with van der Waals surface area (Å²) in [4.78, 5) is 24.7. The zero-order chi connectivity index (χ0) is 34.4. The van der Waals surface area contributed by atoms with E-state index in [2.05, 4.69) is 0 Å². The third kappa shape index (κ3) is 8.70. The van der Waals surface area contributed by atoms with Crippen LogP contribution in [0.4, 0.5) is 0 Å². The summed E-state index contributed by atoms with van der Waals surface area (Å²) in [5.41, 5.74) is 0.697. The fourth-order valence-electron chi connectivity index (χ4n) is 4.72. The van der Waals surface area contributed by atoms with E-state index in [0.717, 1.165) is 12.2 Å². The van der Waals surface area contributed by atoms with E-state index >= 15 is 0 Å². The fraction of sp³-hybridized carbons (Fsp3) is 0.419. The van der Waals surface area contributed by atoms with Crippen LogP contribution in [0.3, 0.4) is 0 Å². The first-order valence-corrected chi connectivity index (χ1v) is 14.3. The van der Waals surface area contributed by atoms with Crippen molar-refractivity contribution < 1.29 is 79.6 Å². The van der Waals surface area contributed by atoms with Crippen LogP contribution in [-0.2, 0) is 19.1 Å². The second-order valence-corrected chi connectivity index (χ2v) is 10.9. The molecule has 2 aliphatic rings. The number of carbonyl (C=O) groups excluding carboxylic acids is 2. The normalized spacial score (nSPS) is 31.2. The van der Waals surface area contributed by atoms with Crippen molar-refractivity contribution in [3.05, 3.63) is 59.7 Å². The highest BCUT2D eigenvalue weighted by molar-refractivity contribution is 6.10. The predicted molar refractivity (Wildman–Crippen MR) is 158 cm³/mol. The summed E-state index contributed by atoms with van der Waals surface area (Å²) in [6, 6.07) is 7.93. The van der Waals surface area contributed by atoms with Crippen LogP contribution in [0, 0.1) is 0 Å². The van der Waals surface area contributed by atoms with Crippen molar-refractivity contribution in [2.45, 2.75) is 67.8 Å². The maximum absolute atomic E-state index is 12.3. The maximum Gasteiger partial charge on any atom is 0.229 e. The van der Waals surface area contributed by atoms with Crippen LogP contribution in [0.5, 0.6) is 23.0 Å². The molecule has 10 atom stereocenters. The minimum Gasteiger partial charge on any atom is -0.504 e. The molecule has 0 aliphatic carbocycles. The van der Waals surface area contributed by atoms with Crippen molar-refractivity contribution in [3.63, 3.8) is 0 Å². The number of phenolic OH excluding ortho intramolecular Hbond substituents is 2. The van der Waals surface area contributed by atoms with Gasteiger partial charge in [0.15, 0.2) is 34.6 Å². The Morgan fingerprint density at radius 3 is 1.34 bits per heavy atom. The lowest BCUT2D eigenvalue weighted by Crippen LogP contribution is -2.60. The average molecular weight is 665 g/mol. The van der Waals surface area contributed by atoms with Crippen LogP contribution >= 0.6 is 0 Å². The van der Waals surface area contributed by atoms with Crippen molar-refractivity contribution in [3.8, 4) is 23.0 Å². The van der Waals surface area contributed by atoms with E-state index in [1.165, 1.54) is 48.6 Å². The molecule has 0 bridgehead atoms. The highest BCUT2D eigenvalue weighted by Crippen LogP contribution is 2.33. The number of hydrogen-bond acceptors (Lipinski definition) is 16. The van der Waals surface area contributed by atoms with Crippen LogP contribution in [0.15, 0.2) is 48.6 Å². The van der Waals surface area contributed by atoms with Crippen molar-refractivity contribution in [1.82, 2.24) is 0 Å². The number of allylic oxidation sites excluding steroid dienone is 2. The molecule has 0 amide bonds. The number of phenols is 2. The smallest absolute Gasteiger partial charge is 0.229 e. The topological polar surface area (TPSA) is 273 Å². The van der Waals surface area contributed by atoms with E-state index in [-0.39, 0.29) is 11.5 Å². The van der Waals surface area contributed by atoms with Gasteiger partial charge in [0.2, 0.25) is 12.6 Å². The van der Waals surface area contributed by atoms with Gasteiger partial charge in [-0.05, 0) is 47.5 Å². The summed E-state index contributed by atoms with van der Waals surface area (Å²) < 4.78 is 21.3. The molecule has 0 unspecified atom stereocenters. The quantitative estimate of drug-likeness (QED) is 0.0845. The summed E-state index contributed by atoms with van der Waals surface area (Å²) in [6.45, 7) is -1.31. The van der Waals surface area contributed by atoms with E-state index in [4.69, 9.17) is 18.9 Å². The van der Waals surface area contributed by atoms with Gasteiger partial charge >= 0.3 is 0 Å². The Hall–Kier alpha value is -3.94. The Kier molecular flexibility index (Phi) is 12.0. The maximum atomic E-state index is 12.3. The first-order valence-electron chi connectivity index (χ1n) is 14.3. The number of rotatable bonds is 12. The predicted octanol–water partition coefficient (Wildman–Crippen LogP) is -2.29. The molecular weight excluding hydrogens is 628 g/mol. The average Bonchev–Trinajstić information content (AvgIpc) is 3.05. The molecule has 2 saturated heterocycles. The molecule has 2 aromatic carbocycles. The molecule has 47 heavy (non-hydrogen) atoms. The lowest BCUT2D eigenvalue weighted by molar-refractivity contribution is -0.277. The third-order valence-corrected chi connectivity index (χ3v) is 7.42. The zero-order valence-electron chi connectivity index (χ0n) is 24.6. The summed E-state index contributed by atoms with van der Waals surface area (Å²) >= 11 is 0. The van der Waals surface area contributed by atoms with E-state index < -0.39 is 104 Å². The first-order chi connectivity index (χ1) is 22.3. The summed E-state index contributed by atoms with van der Waals surface area (Å²) in [5, 5.41) is 99.0. The Bertz CT molecular complexity index is 1350. The lowest BCUT2D eigenvalue weighted by atomic mass is 9.99. The van der Waals surface area contributed by atoms with Gasteiger partial charge in [-0.1, -0.05) is 24.3 Å². The Morgan fingerprint density at radius 2 is 1.00 bits per heavy atom. The van der Waals surface area contributed by atoms with Crippen LogP contribution in [-0.4, -0.2) is 137 Å². The second-order valence-electron chi connectivity index (χ2n) is 10.9. The summed E-state index contributed by atoms with van der Waals surface area (Å²) in [5.74, 6) is -2.26. The molecule has 2 fully saturated rings. The third-order valence-electron chi connectivity index (χ3n) is 7.42. The molecule has 0 saturated carbocycles. The Labute approximate surface area is 267 Å². The molecule has 0 aromatic heterocycles. The summed E-state index contributed by atoms with van der Waals surface area (Å²) in [7, 11) is 0. The molecule has 0 radical (unpaired) electrons. The van der Waals surface area contributed by atoms with Gasteiger partial charge in [0.25, 0.3) is 0 Å². The van der Waals surface area contributed by atoms with Crippen LogP contribution < -0.4 is 9.47 Å². The number of aliphatic hydroxyl groups is 8. The number of benzene rings is 2. The standard InChI is InChI=1S/C31H36O16/c32-12-22-24(38)26(40)28(42)30(46-22)44-20-7-3-14(9-18(20)36)1-5-16(34)11-17(35)6-2-15-4-8-21(19(37)10-15)45-31-29(43)27(41)25(39)23(13-33)47-31/h1-10,22-33,36-43H,11-13H2/b5-1+,6-2+/t22-,23-,24-,25-,26+,27+,28-,29-,30-,31-/m1/s1. The molecule has 10 N–H and O–H groups in total. The largest absolute Gasteiger partial charge is 0.504 e. The molecule has 2 aromatic rings. The zero-order valence-corrected chi connectivity index (χ0v) is 24.6. The van der Waals surface area contributed by atoms with Crippen molar-refractivity contribution in [1.29, 1.82) is 0 Å². The number of ketones is 2. The van der Waals surface area contributed by atoms with Crippen LogP contribution in [0.25, 0.3) is 12.2 Å². The lowest BCUT2D eigenvalue weighted by Gasteiger charge is -2.39. The van der Waals surface area contributed by atoms with E-state index in [0.29, 0.717) is 11.1 Å². The molecule has 256 valence electrons. The molecule has 16 nitrogen and oxygen atoms in total. The minimum atomic E-state index is -1.68. The molecule has 0 spiro atoms. The SMILES string of the molecule is O=C(/C=C/c1ccc(O[C@@H]2O[C@H](CO)[C@@H](O)[C@H](O)[C@H]2O)c(O)c1)CC(=O)/C=C/c1ccc(O[C@@H]2O[C@H](CO)[C@@H](O)[C@H](O)[C@H]2O)c(O)c1. The Morgan fingerprint density at radius 1 is 0.617 bits per heavy atom. The van der Waals surface area contributed by atoms with Gasteiger partial charge in [-0.15, -0.1) is 0 Å². The number of ether oxygens (including phenoxy) is 4. The molecular formula is C31H36O16. The first kappa shape index (κ1) is 35.9. The minimum absolute atomic E-state index is 0.155.